The SMILES string of the molecule is COc1ccc(S(=O)(=O)N(CC(=O)NCCCSCc2ccccc2C)c2ccccc2)cc1C. The van der Waals surface area contributed by atoms with Gasteiger partial charge < -0.3 is 10.1 Å². The second-order valence-electron chi connectivity index (χ2n) is 8.16. The lowest BCUT2D eigenvalue weighted by atomic mass is 10.1. The van der Waals surface area contributed by atoms with Crippen LogP contribution in [-0.4, -0.2) is 40.3 Å². The largest absolute Gasteiger partial charge is 0.496 e. The van der Waals surface area contributed by atoms with Crippen LogP contribution >= 0.6 is 11.8 Å². The number of aryl methyl sites for hydroxylation is 2. The topological polar surface area (TPSA) is 75.7 Å². The molecule has 3 aromatic carbocycles. The van der Waals surface area contributed by atoms with Crippen LogP contribution in [0.2, 0.25) is 0 Å². The number of carbonyl (C=O) groups is 1. The van der Waals surface area contributed by atoms with E-state index in [4.69, 9.17) is 4.74 Å². The summed E-state index contributed by atoms with van der Waals surface area (Å²) in [6, 6.07) is 21.7. The second-order valence-corrected chi connectivity index (χ2v) is 11.1. The molecule has 0 aliphatic carbocycles. The van der Waals surface area contributed by atoms with Gasteiger partial charge in [0.15, 0.2) is 0 Å². The molecule has 0 fully saturated rings. The van der Waals surface area contributed by atoms with Crippen molar-refractivity contribution in [3.05, 3.63) is 89.5 Å². The summed E-state index contributed by atoms with van der Waals surface area (Å²) in [6.07, 6.45) is 0.804. The molecule has 6 nitrogen and oxygen atoms in total. The van der Waals surface area contributed by atoms with Crippen LogP contribution in [0.15, 0.2) is 77.7 Å². The Morgan fingerprint density at radius 3 is 2.37 bits per heavy atom. The van der Waals surface area contributed by atoms with E-state index >= 15 is 0 Å². The third-order valence-corrected chi connectivity index (χ3v) is 8.45. The Bertz CT molecular complexity index is 1230. The average molecular weight is 513 g/mol. The van der Waals surface area contributed by atoms with Crippen LogP contribution < -0.4 is 14.4 Å². The van der Waals surface area contributed by atoms with Gasteiger partial charge in [-0.3, -0.25) is 9.10 Å². The molecule has 1 N–H and O–H groups in total. The van der Waals surface area contributed by atoms with Gasteiger partial charge in [-0.2, -0.15) is 11.8 Å². The van der Waals surface area contributed by atoms with Gasteiger partial charge in [0.05, 0.1) is 17.7 Å². The van der Waals surface area contributed by atoms with Crippen molar-refractivity contribution in [3.63, 3.8) is 0 Å². The Morgan fingerprint density at radius 1 is 0.971 bits per heavy atom. The van der Waals surface area contributed by atoms with E-state index in [0.29, 0.717) is 23.5 Å². The summed E-state index contributed by atoms with van der Waals surface area (Å²) >= 11 is 1.82. The minimum atomic E-state index is -3.96. The molecule has 0 radical (unpaired) electrons. The number of nitrogens with one attached hydrogen (secondary N) is 1. The maximum Gasteiger partial charge on any atom is 0.264 e. The summed E-state index contributed by atoms with van der Waals surface area (Å²) in [5.74, 6) is 2.10. The number of amides is 1. The fourth-order valence-corrected chi connectivity index (χ4v) is 6.13. The van der Waals surface area contributed by atoms with E-state index in [1.807, 2.05) is 23.9 Å². The highest BCUT2D eigenvalue weighted by molar-refractivity contribution is 7.98. The second kappa shape index (κ2) is 12.7. The quantitative estimate of drug-likeness (QED) is 0.348. The van der Waals surface area contributed by atoms with Crippen molar-refractivity contribution < 1.29 is 17.9 Å². The molecule has 3 aromatic rings. The van der Waals surface area contributed by atoms with Crippen LogP contribution in [0.3, 0.4) is 0 Å². The first-order valence-corrected chi connectivity index (χ1v) is 14.0. The van der Waals surface area contributed by atoms with Crippen molar-refractivity contribution in [2.75, 3.05) is 30.3 Å². The van der Waals surface area contributed by atoms with Gasteiger partial charge >= 0.3 is 0 Å². The zero-order chi connectivity index (χ0) is 25.3. The third-order valence-electron chi connectivity index (χ3n) is 5.59. The summed E-state index contributed by atoms with van der Waals surface area (Å²) in [5, 5.41) is 2.87. The van der Waals surface area contributed by atoms with Crippen LogP contribution in [0.25, 0.3) is 0 Å². The van der Waals surface area contributed by atoms with Crippen molar-refractivity contribution in [2.45, 2.75) is 30.9 Å². The molecule has 0 bridgehead atoms. The van der Waals surface area contributed by atoms with Gasteiger partial charge in [-0.05, 0) is 73.0 Å². The first-order valence-electron chi connectivity index (χ1n) is 11.4. The smallest absolute Gasteiger partial charge is 0.264 e. The monoisotopic (exact) mass is 512 g/mol. The molecule has 8 heteroatoms. The lowest BCUT2D eigenvalue weighted by Crippen LogP contribution is -2.41. The normalized spacial score (nSPS) is 11.2. The number of methoxy groups -OCH3 is 1. The van der Waals surface area contributed by atoms with E-state index in [9.17, 15) is 13.2 Å². The molecule has 0 heterocycles. The van der Waals surface area contributed by atoms with Gasteiger partial charge in [-0.25, -0.2) is 8.42 Å². The van der Waals surface area contributed by atoms with E-state index in [-0.39, 0.29) is 17.3 Å². The molecule has 0 spiro atoms. The Balaban J connectivity index is 1.60. The summed E-state index contributed by atoms with van der Waals surface area (Å²) in [5.41, 5.74) is 3.74. The molecule has 0 aromatic heterocycles. The molecule has 0 unspecified atom stereocenters. The summed E-state index contributed by atoms with van der Waals surface area (Å²) in [6.45, 7) is 4.09. The minimum Gasteiger partial charge on any atom is -0.496 e. The zero-order valence-corrected chi connectivity index (χ0v) is 22.0. The Kier molecular flexibility index (Phi) is 9.63. The maximum absolute atomic E-state index is 13.5. The first kappa shape index (κ1) is 26.6. The number of rotatable bonds is 12. The Morgan fingerprint density at radius 2 is 1.69 bits per heavy atom. The van der Waals surface area contributed by atoms with Gasteiger partial charge in [-0.1, -0.05) is 42.5 Å². The number of para-hydroxylation sites is 1. The number of hydrogen-bond acceptors (Lipinski definition) is 5. The molecule has 3 rings (SSSR count). The van der Waals surface area contributed by atoms with Crippen LogP contribution in [0.5, 0.6) is 5.75 Å². The van der Waals surface area contributed by atoms with Crippen molar-refractivity contribution in [1.29, 1.82) is 0 Å². The minimum absolute atomic E-state index is 0.111. The van der Waals surface area contributed by atoms with Gasteiger partial charge in [0.1, 0.15) is 12.3 Å². The van der Waals surface area contributed by atoms with Crippen LogP contribution in [0.4, 0.5) is 5.69 Å². The predicted molar refractivity (Wildman–Crippen MR) is 144 cm³/mol. The molecule has 0 saturated heterocycles. The number of carbonyl (C=O) groups excluding carboxylic acids is 1. The molecule has 35 heavy (non-hydrogen) atoms. The van der Waals surface area contributed by atoms with Crippen LogP contribution in [0.1, 0.15) is 23.1 Å². The average Bonchev–Trinajstić information content (AvgIpc) is 2.86. The Labute approximate surface area is 212 Å². The molecular weight excluding hydrogens is 480 g/mol. The number of ether oxygens (including phenoxy) is 1. The maximum atomic E-state index is 13.5. The van der Waals surface area contributed by atoms with Crippen LogP contribution in [0, 0.1) is 13.8 Å². The lowest BCUT2D eigenvalue weighted by Gasteiger charge is -2.24. The zero-order valence-electron chi connectivity index (χ0n) is 20.4. The van der Waals surface area contributed by atoms with Gasteiger partial charge in [0, 0.05) is 12.3 Å². The van der Waals surface area contributed by atoms with Crippen molar-refractivity contribution >= 4 is 33.4 Å². The fourth-order valence-electron chi connectivity index (χ4n) is 3.59. The van der Waals surface area contributed by atoms with E-state index in [0.717, 1.165) is 22.2 Å². The molecular formula is C27H32N2O4S2. The number of thioether (sulfide) groups is 1. The van der Waals surface area contributed by atoms with Gasteiger partial charge in [-0.15, -0.1) is 0 Å². The van der Waals surface area contributed by atoms with Crippen molar-refractivity contribution in [3.8, 4) is 5.75 Å². The summed E-state index contributed by atoms with van der Waals surface area (Å²) in [7, 11) is -2.42. The number of benzene rings is 3. The van der Waals surface area contributed by atoms with E-state index in [1.54, 1.807) is 56.5 Å². The van der Waals surface area contributed by atoms with Crippen molar-refractivity contribution in [1.82, 2.24) is 5.32 Å². The predicted octanol–water partition coefficient (Wildman–Crippen LogP) is 4.95. The fraction of sp³-hybridized carbons (Fsp3) is 0.296. The standard InChI is InChI=1S/C27H32N2O4S2/c1-21-10-7-8-11-23(21)20-34-17-9-16-28-27(30)19-29(24-12-5-4-6-13-24)35(31,32)25-14-15-26(33-3)22(2)18-25/h4-8,10-15,18H,9,16-17,19-20H2,1-3H3,(H,28,30). The van der Waals surface area contributed by atoms with Gasteiger partial charge in [0.25, 0.3) is 10.0 Å². The number of sulfonamides is 1. The van der Waals surface area contributed by atoms with Crippen molar-refractivity contribution in [2.24, 2.45) is 0 Å². The molecule has 0 aliphatic heterocycles. The van der Waals surface area contributed by atoms with E-state index < -0.39 is 10.0 Å². The van der Waals surface area contributed by atoms with Crippen LogP contribution in [-0.2, 0) is 20.6 Å². The molecule has 0 atom stereocenters. The van der Waals surface area contributed by atoms with Gasteiger partial charge in [0.2, 0.25) is 5.91 Å². The lowest BCUT2D eigenvalue weighted by molar-refractivity contribution is -0.119. The number of nitrogens with zero attached hydrogens (tertiary/aromatic N) is 1. The number of hydrogen-bond donors (Lipinski definition) is 1. The highest BCUT2D eigenvalue weighted by Crippen LogP contribution is 2.27. The third kappa shape index (κ3) is 7.26. The highest BCUT2D eigenvalue weighted by atomic mass is 32.2. The van der Waals surface area contributed by atoms with E-state index in [2.05, 4.69) is 24.4 Å². The molecule has 1 amide bonds. The number of anilines is 1. The molecule has 186 valence electrons. The molecule has 0 saturated carbocycles. The summed E-state index contributed by atoms with van der Waals surface area (Å²) in [4.78, 5) is 12.8. The summed E-state index contributed by atoms with van der Waals surface area (Å²) < 4.78 is 33.4. The highest BCUT2D eigenvalue weighted by Gasteiger charge is 2.27. The first-order chi connectivity index (χ1) is 16.8. The Hall–Kier alpha value is -2.97. The van der Waals surface area contributed by atoms with E-state index in [1.165, 1.54) is 17.2 Å². The molecule has 0 aliphatic rings.